The standard InChI is InChI=1S/C19H25N5O/c1-14(2)22-19(25)17-12-21-18(13-20-17)23-15-6-8-16(9-7-15)24-10-4-3-5-11-24/h6-9,12-14H,3-5,10-11H2,1-2H3,(H,21,23)(H,22,25). The minimum absolute atomic E-state index is 0.0746. The molecular formula is C19H25N5O. The van der Waals surface area contributed by atoms with Crippen molar-refractivity contribution in [2.75, 3.05) is 23.3 Å². The Balaban J connectivity index is 1.61. The van der Waals surface area contributed by atoms with Crippen LogP contribution in [0.3, 0.4) is 0 Å². The third-order valence-electron chi connectivity index (χ3n) is 4.17. The number of aromatic nitrogens is 2. The van der Waals surface area contributed by atoms with E-state index in [-0.39, 0.29) is 11.9 Å². The van der Waals surface area contributed by atoms with Gasteiger partial charge in [-0.05, 0) is 57.4 Å². The van der Waals surface area contributed by atoms with Crippen LogP contribution in [0.1, 0.15) is 43.6 Å². The van der Waals surface area contributed by atoms with Crippen molar-refractivity contribution in [3.63, 3.8) is 0 Å². The van der Waals surface area contributed by atoms with E-state index in [2.05, 4.69) is 37.6 Å². The number of nitrogens with zero attached hydrogens (tertiary/aromatic N) is 3. The van der Waals surface area contributed by atoms with Crippen molar-refractivity contribution in [1.29, 1.82) is 0 Å². The summed E-state index contributed by atoms with van der Waals surface area (Å²) in [7, 11) is 0. The maximum atomic E-state index is 11.9. The van der Waals surface area contributed by atoms with E-state index in [0.29, 0.717) is 11.5 Å². The van der Waals surface area contributed by atoms with Gasteiger partial charge >= 0.3 is 0 Å². The number of amides is 1. The molecule has 0 radical (unpaired) electrons. The quantitative estimate of drug-likeness (QED) is 0.874. The van der Waals surface area contributed by atoms with Gasteiger partial charge < -0.3 is 15.5 Å². The molecule has 1 amide bonds. The molecule has 0 atom stereocenters. The van der Waals surface area contributed by atoms with E-state index in [1.54, 1.807) is 6.20 Å². The number of anilines is 3. The van der Waals surface area contributed by atoms with Crippen LogP contribution in [0.2, 0.25) is 0 Å². The Morgan fingerprint density at radius 2 is 1.76 bits per heavy atom. The Kier molecular flexibility index (Phi) is 5.48. The first-order valence-electron chi connectivity index (χ1n) is 8.87. The molecule has 0 saturated carbocycles. The van der Waals surface area contributed by atoms with Crippen LogP contribution in [0.5, 0.6) is 0 Å². The third-order valence-corrected chi connectivity index (χ3v) is 4.17. The second-order valence-electron chi connectivity index (χ2n) is 6.63. The second-order valence-corrected chi connectivity index (χ2v) is 6.63. The molecule has 1 aliphatic rings. The maximum Gasteiger partial charge on any atom is 0.271 e. The van der Waals surface area contributed by atoms with E-state index in [4.69, 9.17) is 0 Å². The largest absolute Gasteiger partial charge is 0.372 e. The molecule has 1 aliphatic heterocycles. The summed E-state index contributed by atoms with van der Waals surface area (Å²) in [6.45, 7) is 6.10. The summed E-state index contributed by atoms with van der Waals surface area (Å²) in [5.41, 5.74) is 2.53. The first-order chi connectivity index (χ1) is 12.1. The topological polar surface area (TPSA) is 70.2 Å². The number of carbonyl (C=O) groups is 1. The molecule has 2 N–H and O–H groups in total. The minimum Gasteiger partial charge on any atom is -0.372 e. The smallest absolute Gasteiger partial charge is 0.271 e. The van der Waals surface area contributed by atoms with Gasteiger partial charge in [0.2, 0.25) is 0 Å². The van der Waals surface area contributed by atoms with Crippen LogP contribution >= 0.6 is 0 Å². The first kappa shape index (κ1) is 17.2. The van der Waals surface area contributed by atoms with Crippen LogP contribution in [0.15, 0.2) is 36.7 Å². The molecule has 1 aromatic carbocycles. The van der Waals surface area contributed by atoms with Crippen LogP contribution in [-0.4, -0.2) is 35.0 Å². The maximum absolute atomic E-state index is 11.9. The average molecular weight is 339 g/mol. The molecule has 6 heteroatoms. The first-order valence-corrected chi connectivity index (χ1v) is 8.87. The highest BCUT2D eigenvalue weighted by Gasteiger charge is 2.11. The molecule has 25 heavy (non-hydrogen) atoms. The predicted octanol–water partition coefficient (Wildman–Crippen LogP) is 3.35. The Morgan fingerprint density at radius 1 is 1.04 bits per heavy atom. The van der Waals surface area contributed by atoms with Crippen LogP contribution in [-0.2, 0) is 0 Å². The van der Waals surface area contributed by atoms with Crippen LogP contribution in [0.25, 0.3) is 0 Å². The molecule has 1 aromatic heterocycles. The van der Waals surface area contributed by atoms with Gasteiger partial charge in [-0.25, -0.2) is 9.97 Å². The minimum atomic E-state index is -0.208. The Morgan fingerprint density at radius 3 is 2.36 bits per heavy atom. The molecule has 3 rings (SSSR count). The molecule has 0 unspecified atom stereocenters. The van der Waals surface area contributed by atoms with E-state index >= 15 is 0 Å². The molecular weight excluding hydrogens is 314 g/mol. The number of carbonyl (C=O) groups excluding carboxylic acids is 1. The summed E-state index contributed by atoms with van der Waals surface area (Å²) < 4.78 is 0. The van der Waals surface area contributed by atoms with E-state index in [1.165, 1.54) is 31.1 Å². The lowest BCUT2D eigenvalue weighted by Gasteiger charge is -2.28. The number of rotatable bonds is 5. The van der Waals surface area contributed by atoms with Gasteiger partial charge in [0.1, 0.15) is 11.5 Å². The van der Waals surface area contributed by atoms with Gasteiger partial charge in [0.05, 0.1) is 12.4 Å². The van der Waals surface area contributed by atoms with Crippen LogP contribution in [0, 0.1) is 0 Å². The lowest BCUT2D eigenvalue weighted by molar-refractivity contribution is 0.0937. The Hall–Kier alpha value is -2.63. The van der Waals surface area contributed by atoms with Crippen LogP contribution in [0.4, 0.5) is 17.2 Å². The monoisotopic (exact) mass is 339 g/mol. The van der Waals surface area contributed by atoms with Crippen molar-refractivity contribution >= 4 is 23.1 Å². The van der Waals surface area contributed by atoms with Gasteiger partial charge in [0.15, 0.2) is 0 Å². The van der Waals surface area contributed by atoms with Crippen molar-refractivity contribution in [3.05, 3.63) is 42.4 Å². The van der Waals surface area contributed by atoms with Gasteiger partial charge in [0, 0.05) is 30.5 Å². The van der Waals surface area contributed by atoms with Crippen LogP contribution < -0.4 is 15.5 Å². The molecule has 2 heterocycles. The van der Waals surface area contributed by atoms with Crippen molar-refractivity contribution in [2.24, 2.45) is 0 Å². The van der Waals surface area contributed by atoms with E-state index in [1.807, 2.05) is 26.0 Å². The number of nitrogens with one attached hydrogen (secondary N) is 2. The lowest BCUT2D eigenvalue weighted by Crippen LogP contribution is -2.30. The zero-order valence-corrected chi connectivity index (χ0v) is 14.8. The zero-order chi connectivity index (χ0) is 17.6. The van der Waals surface area contributed by atoms with E-state index in [0.717, 1.165) is 18.8 Å². The summed E-state index contributed by atoms with van der Waals surface area (Å²) in [5, 5.41) is 6.02. The van der Waals surface area contributed by atoms with E-state index < -0.39 is 0 Å². The van der Waals surface area contributed by atoms with Crippen molar-refractivity contribution in [1.82, 2.24) is 15.3 Å². The molecule has 6 nitrogen and oxygen atoms in total. The summed E-state index contributed by atoms with van der Waals surface area (Å²) in [6.07, 6.45) is 6.94. The summed E-state index contributed by atoms with van der Waals surface area (Å²) in [5.74, 6) is 0.409. The van der Waals surface area contributed by atoms with Crippen molar-refractivity contribution < 1.29 is 4.79 Å². The van der Waals surface area contributed by atoms with Gasteiger partial charge in [-0.1, -0.05) is 0 Å². The summed E-state index contributed by atoms with van der Waals surface area (Å²) in [4.78, 5) is 22.7. The fourth-order valence-electron chi connectivity index (χ4n) is 2.90. The van der Waals surface area contributed by atoms with Gasteiger partial charge in [-0.15, -0.1) is 0 Å². The second kappa shape index (κ2) is 7.96. The SMILES string of the molecule is CC(C)NC(=O)c1cnc(Nc2ccc(N3CCCCC3)cc2)cn1. The normalized spacial score (nSPS) is 14.4. The van der Waals surface area contributed by atoms with Gasteiger partial charge in [0.25, 0.3) is 5.91 Å². The fraction of sp³-hybridized carbons (Fsp3) is 0.421. The molecule has 0 spiro atoms. The molecule has 2 aromatic rings. The average Bonchev–Trinajstić information content (AvgIpc) is 2.63. The van der Waals surface area contributed by atoms with E-state index in [9.17, 15) is 4.79 Å². The molecule has 1 saturated heterocycles. The Labute approximate surface area is 148 Å². The summed E-state index contributed by atoms with van der Waals surface area (Å²) >= 11 is 0. The Bertz CT molecular complexity index is 691. The fourth-order valence-corrected chi connectivity index (χ4v) is 2.90. The highest BCUT2D eigenvalue weighted by molar-refractivity contribution is 5.92. The number of piperidine rings is 1. The third kappa shape index (κ3) is 4.68. The van der Waals surface area contributed by atoms with Gasteiger partial charge in [-0.3, -0.25) is 4.79 Å². The number of hydrogen-bond donors (Lipinski definition) is 2. The highest BCUT2D eigenvalue weighted by Crippen LogP contribution is 2.23. The van der Waals surface area contributed by atoms with Crippen molar-refractivity contribution in [3.8, 4) is 0 Å². The molecule has 0 aliphatic carbocycles. The highest BCUT2D eigenvalue weighted by atomic mass is 16.1. The lowest BCUT2D eigenvalue weighted by atomic mass is 10.1. The number of hydrogen-bond acceptors (Lipinski definition) is 5. The van der Waals surface area contributed by atoms with Crippen molar-refractivity contribution in [2.45, 2.75) is 39.2 Å². The number of benzene rings is 1. The summed E-state index contributed by atoms with van der Waals surface area (Å²) in [6, 6.07) is 8.43. The zero-order valence-electron chi connectivity index (χ0n) is 14.8. The molecule has 0 bridgehead atoms. The molecule has 132 valence electrons. The van der Waals surface area contributed by atoms with Gasteiger partial charge in [-0.2, -0.15) is 0 Å². The molecule has 1 fully saturated rings. The predicted molar refractivity (Wildman–Crippen MR) is 100 cm³/mol.